The second-order valence-corrected chi connectivity index (χ2v) is 7.03. The van der Waals surface area contributed by atoms with E-state index < -0.39 is 0 Å². The number of benzene rings is 2. The number of ether oxygens (including phenoxy) is 3. The molecule has 6 heteroatoms. The van der Waals surface area contributed by atoms with Gasteiger partial charge in [-0.15, -0.1) is 0 Å². The monoisotopic (exact) mass is 398 g/mol. The van der Waals surface area contributed by atoms with Crippen LogP contribution in [0, 0.1) is 5.92 Å². The van der Waals surface area contributed by atoms with Crippen LogP contribution in [0.3, 0.4) is 0 Å². The zero-order chi connectivity index (χ0) is 20.3. The molecule has 0 radical (unpaired) electrons. The number of hydrogen-bond acceptors (Lipinski definition) is 5. The van der Waals surface area contributed by atoms with Gasteiger partial charge in [-0.1, -0.05) is 18.2 Å². The molecule has 3 rings (SSSR count). The van der Waals surface area contributed by atoms with Crippen LogP contribution in [0.25, 0.3) is 0 Å². The van der Waals surface area contributed by atoms with Crippen molar-refractivity contribution in [2.24, 2.45) is 5.92 Å². The zero-order valence-electron chi connectivity index (χ0n) is 17.0. The minimum Gasteiger partial charge on any atom is -0.490 e. The van der Waals surface area contributed by atoms with Crippen molar-refractivity contribution in [3.05, 3.63) is 54.1 Å². The largest absolute Gasteiger partial charge is 0.490 e. The molecule has 1 heterocycles. The summed E-state index contributed by atoms with van der Waals surface area (Å²) in [5.74, 6) is 2.39. The molecule has 0 bridgehead atoms. The first-order chi connectivity index (χ1) is 14.3. The number of nitrogens with one attached hydrogen (secondary N) is 2. The lowest BCUT2D eigenvalue weighted by Gasteiger charge is -2.23. The summed E-state index contributed by atoms with van der Waals surface area (Å²) in [5, 5.41) is 6.40. The van der Waals surface area contributed by atoms with Gasteiger partial charge in [0.25, 0.3) is 5.91 Å². The molecule has 2 N–H and O–H groups in total. The fraction of sp³-hybridized carbons (Fsp3) is 0.435. The highest BCUT2D eigenvalue weighted by molar-refractivity contribution is 5.94. The highest BCUT2D eigenvalue weighted by Crippen LogP contribution is 2.28. The molecule has 1 amide bonds. The second-order valence-electron chi connectivity index (χ2n) is 7.03. The first-order valence-electron chi connectivity index (χ1n) is 10.3. The van der Waals surface area contributed by atoms with E-state index in [1.54, 1.807) is 18.2 Å². The minimum absolute atomic E-state index is 0.0875. The topological polar surface area (TPSA) is 68.8 Å². The molecule has 1 atom stereocenters. The molecule has 29 heavy (non-hydrogen) atoms. The number of piperidine rings is 1. The number of rotatable bonds is 10. The van der Waals surface area contributed by atoms with Gasteiger partial charge < -0.3 is 24.8 Å². The van der Waals surface area contributed by atoms with Crippen LogP contribution in [-0.4, -0.2) is 45.4 Å². The third kappa shape index (κ3) is 6.68. The second kappa shape index (κ2) is 11.3. The Labute approximate surface area is 172 Å². The van der Waals surface area contributed by atoms with Crippen molar-refractivity contribution in [1.29, 1.82) is 0 Å². The van der Waals surface area contributed by atoms with Crippen LogP contribution in [0.5, 0.6) is 17.2 Å². The van der Waals surface area contributed by atoms with Gasteiger partial charge in [0, 0.05) is 12.1 Å². The predicted octanol–water partition coefficient (Wildman–Crippen LogP) is 3.27. The Morgan fingerprint density at radius 1 is 1.07 bits per heavy atom. The lowest BCUT2D eigenvalue weighted by Crippen LogP contribution is -2.38. The van der Waals surface area contributed by atoms with E-state index >= 15 is 0 Å². The van der Waals surface area contributed by atoms with Gasteiger partial charge >= 0.3 is 0 Å². The van der Waals surface area contributed by atoms with Gasteiger partial charge in [-0.05, 0) is 69.1 Å². The Balaban J connectivity index is 1.52. The Morgan fingerprint density at radius 3 is 2.66 bits per heavy atom. The third-order valence-corrected chi connectivity index (χ3v) is 4.81. The maximum Gasteiger partial charge on any atom is 0.251 e. The molecule has 2 aromatic rings. The van der Waals surface area contributed by atoms with Crippen LogP contribution in [0.1, 0.15) is 30.1 Å². The van der Waals surface area contributed by atoms with Gasteiger partial charge in [0.2, 0.25) is 0 Å². The minimum atomic E-state index is -0.0875. The van der Waals surface area contributed by atoms with Gasteiger partial charge in [0.05, 0.1) is 6.61 Å². The van der Waals surface area contributed by atoms with Crippen LogP contribution < -0.4 is 24.8 Å². The van der Waals surface area contributed by atoms with Crippen molar-refractivity contribution in [2.75, 3.05) is 39.5 Å². The number of carbonyl (C=O) groups excluding carboxylic acids is 1. The molecule has 156 valence electrons. The summed E-state index contributed by atoms with van der Waals surface area (Å²) in [6, 6.07) is 14.9. The zero-order valence-corrected chi connectivity index (χ0v) is 17.0. The highest BCUT2D eigenvalue weighted by atomic mass is 16.5. The SMILES string of the molecule is CCOc1cc(C(=O)NCC2CCCNC2)ccc1OCCOc1ccccc1. The highest BCUT2D eigenvalue weighted by Gasteiger charge is 2.16. The van der Waals surface area contributed by atoms with E-state index in [9.17, 15) is 4.79 Å². The van der Waals surface area contributed by atoms with Crippen molar-refractivity contribution >= 4 is 5.91 Å². The molecular formula is C23H30N2O4. The number of amides is 1. The van der Waals surface area contributed by atoms with Crippen LogP contribution >= 0.6 is 0 Å². The summed E-state index contributed by atoms with van der Waals surface area (Å²) in [4.78, 5) is 12.5. The van der Waals surface area contributed by atoms with E-state index in [0.29, 0.717) is 49.3 Å². The normalized spacial score (nSPS) is 16.1. The van der Waals surface area contributed by atoms with E-state index in [1.165, 1.54) is 0 Å². The van der Waals surface area contributed by atoms with Gasteiger partial charge in [-0.25, -0.2) is 0 Å². The summed E-state index contributed by atoms with van der Waals surface area (Å²) >= 11 is 0. The van der Waals surface area contributed by atoms with Crippen molar-refractivity contribution in [3.8, 4) is 17.2 Å². The van der Waals surface area contributed by atoms with E-state index in [1.807, 2.05) is 37.3 Å². The van der Waals surface area contributed by atoms with Gasteiger partial charge in [0.15, 0.2) is 11.5 Å². The average Bonchev–Trinajstić information content (AvgIpc) is 2.77. The maximum atomic E-state index is 12.5. The molecule has 2 aromatic carbocycles. The molecule has 1 unspecified atom stereocenters. The first-order valence-corrected chi connectivity index (χ1v) is 10.3. The van der Waals surface area contributed by atoms with Gasteiger partial charge in [-0.2, -0.15) is 0 Å². The Hall–Kier alpha value is -2.73. The van der Waals surface area contributed by atoms with Gasteiger partial charge in [-0.3, -0.25) is 4.79 Å². The quantitative estimate of drug-likeness (QED) is 0.601. The molecular weight excluding hydrogens is 368 g/mol. The lowest BCUT2D eigenvalue weighted by atomic mass is 9.99. The van der Waals surface area contributed by atoms with E-state index in [0.717, 1.165) is 31.7 Å². The lowest BCUT2D eigenvalue weighted by molar-refractivity contribution is 0.0944. The van der Waals surface area contributed by atoms with Crippen molar-refractivity contribution in [2.45, 2.75) is 19.8 Å². The summed E-state index contributed by atoms with van der Waals surface area (Å²) in [7, 11) is 0. The van der Waals surface area contributed by atoms with Crippen molar-refractivity contribution < 1.29 is 19.0 Å². The summed E-state index contributed by atoms with van der Waals surface area (Å²) in [6.07, 6.45) is 2.31. The fourth-order valence-corrected chi connectivity index (χ4v) is 3.30. The van der Waals surface area contributed by atoms with Crippen LogP contribution in [0.2, 0.25) is 0 Å². The van der Waals surface area contributed by atoms with Gasteiger partial charge in [0.1, 0.15) is 19.0 Å². The van der Waals surface area contributed by atoms with E-state index in [4.69, 9.17) is 14.2 Å². The van der Waals surface area contributed by atoms with E-state index in [-0.39, 0.29) is 5.91 Å². The molecule has 0 saturated carbocycles. The standard InChI is InChI=1S/C23H30N2O4/c1-2-27-22-15-19(23(26)25-17-18-7-6-12-24-16-18)10-11-21(22)29-14-13-28-20-8-4-3-5-9-20/h3-5,8-11,15,18,24H,2,6-7,12-14,16-17H2,1H3,(H,25,26). The van der Waals surface area contributed by atoms with Crippen molar-refractivity contribution in [1.82, 2.24) is 10.6 Å². The predicted molar refractivity (Wildman–Crippen MR) is 113 cm³/mol. The maximum absolute atomic E-state index is 12.5. The average molecular weight is 399 g/mol. The summed E-state index contributed by atoms with van der Waals surface area (Å²) in [6.45, 7) is 5.93. The molecule has 0 aromatic heterocycles. The molecule has 1 aliphatic heterocycles. The van der Waals surface area contributed by atoms with E-state index in [2.05, 4.69) is 10.6 Å². The number of hydrogen-bond donors (Lipinski definition) is 2. The van der Waals surface area contributed by atoms with Crippen molar-refractivity contribution in [3.63, 3.8) is 0 Å². The molecule has 6 nitrogen and oxygen atoms in total. The number of carbonyl (C=O) groups is 1. The molecule has 1 aliphatic rings. The molecule has 1 saturated heterocycles. The molecule has 0 spiro atoms. The Bertz CT molecular complexity index is 761. The fourth-order valence-electron chi connectivity index (χ4n) is 3.30. The third-order valence-electron chi connectivity index (χ3n) is 4.81. The van der Waals surface area contributed by atoms with Crippen LogP contribution in [0.4, 0.5) is 0 Å². The molecule has 0 aliphatic carbocycles. The van der Waals surface area contributed by atoms with Crippen LogP contribution in [0.15, 0.2) is 48.5 Å². The first kappa shape index (κ1) is 21.0. The smallest absolute Gasteiger partial charge is 0.251 e. The Morgan fingerprint density at radius 2 is 1.90 bits per heavy atom. The Kier molecular flexibility index (Phi) is 8.19. The summed E-state index contributed by atoms with van der Waals surface area (Å²) < 4.78 is 17.1. The van der Waals surface area contributed by atoms with Crippen LogP contribution in [-0.2, 0) is 0 Å². The number of para-hydroxylation sites is 1. The molecule has 1 fully saturated rings. The summed E-state index contributed by atoms with van der Waals surface area (Å²) in [5.41, 5.74) is 0.574.